The Hall–Kier alpha value is -0.190. The summed E-state index contributed by atoms with van der Waals surface area (Å²) in [6, 6.07) is 0. The maximum Gasteiger partial charge on any atom is 0.0698 e. The van der Waals surface area contributed by atoms with E-state index in [1.165, 1.54) is 12.8 Å². The van der Waals surface area contributed by atoms with E-state index >= 15 is 0 Å². The molecule has 0 radical (unpaired) electrons. The maximum absolute atomic E-state index is 8.09. The molecule has 0 bridgehead atoms. The number of ether oxygens (including phenoxy) is 1. The summed E-state index contributed by atoms with van der Waals surface area (Å²) in [5.74, 6) is 0. The Morgan fingerprint density at radius 1 is 0.917 bits per heavy atom. The molecule has 3 nitrogen and oxygen atoms in total. The molecule has 0 aromatic carbocycles. The first-order valence-electron chi connectivity index (χ1n) is 4.12. The minimum Gasteiger partial charge on any atom is -0.394 e. The van der Waals surface area contributed by atoms with Crippen molar-refractivity contribution in [1.29, 1.82) is 0 Å². The van der Waals surface area contributed by atoms with E-state index in [0.717, 1.165) is 0 Å². The van der Waals surface area contributed by atoms with Crippen LogP contribution in [0.5, 0.6) is 0 Å². The smallest absolute Gasteiger partial charge is 0.0698 e. The normalized spacial score (nSPS) is 8.00. The Morgan fingerprint density at radius 2 is 1.25 bits per heavy atom. The monoisotopic (exact) mass is 184 g/mol. The molecule has 2 N–H and O–H groups in total. The van der Waals surface area contributed by atoms with Crippen molar-refractivity contribution in [3.63, 3.8) is 0 Å². The van der Waals surface area contributed by atoms with Crippen LogP contribution >= 0.6 is 0 Å². The summed E-state index contributed by atoms with van der Waals surface area (Å²) in [4.78, 5) is 0. The molecule has 0 aromatic heterocycles. The highest BCUT2D eigenvalue weighted by molar-refractivity contribution is 4.24. The molecule has 0 unspecified atom stereocenters. The largest absolute Gasteiger partial charge is 0.394 e. The highest BCUT2D eigenvalue weighted by Gasteiger charge is 1.79. The molecular weight excluding hydrogens is 163 g/mol. The van der Waals surface area contributed by atoms with Crippen LogP contribution in [-0.2, 0) is 4.74 Å². The zero-order chi connectivity index (χ0) is 8.95. The van der Waals surface area contributed by atoms with Crippen molar-refractivity contribution in [2.24, 2.45) is 0 Å². The summed E-state index contributed by atoms with van der Waals surface area (Å²) in [5, 5.41) is 16.2. The third kappa shape index (κ3) is 32.9. The Kier molecular flexibility index (Phi) is 33.2. The minimum atomic E-state index is 0. The summed E-state index contributed by atoms with van der Waals surface area (Å²) < 4.78 is 4.63. The van der Waals surface area contributed by atoms with E-state index in [1.807, 2.05) is 0 Å². The van der Waals surface area contributed by atoms with Crippen LogP contribution in [0, 0.1) is 0 Å². The van der Waals surface area contributed by atoms with Crippen LogP contribution in [-0.4, -0.2) is 36.6 Å². The van der Waals surface area contributed by atoms with Crippen LogP contribution in [0.25, 0.3) is 0 Å². The van der Waals surface area contributed by atoms with Crippen molar-refractivity contribution >= 4 is 0 Å². The molecule has 0 saturated heterocycles. The van der Waals surface area contributed by atoms with E-state index in [2.05, 4.69) is 18.6 Å². The SMILES string of the molecule is CCCC.F.OCCOCCO. The van der Waals surface area contributed by atoms with Crippen LogP contribution < -0.4 is 0 Å². The lowest BCUT2D eigenvalue weighted by atomic mass is 10.4. The molecule has 0 rings (SSSR count). The van der Waals surface area contributed by atoms with Gasteiger partial charge in [-0.25, -0.2) is 0 Å². The predicted molar refractivity (Wildman–Crippen MR) is 48.1 cm³/mol. The van der Waals surface area contributed by atoms with Gasteiger partial charge in [-0.2, -0.15) is 0 Å². The zero-order valence-corrected chi connectivity index (χ0v) is 7.95. The standard InChI is InChI=1S/C4H10O3.C4H10.FH/c5-1-3-7-4-2-6;1-3-4-2;/h5-6H,1-4H2;3-4H2,1-2H3;1H. The van der Waals surface area contributed by atoms with E-state index in [4.69, 9.17) is 10.2 Å². The second-order valence-corrected chi connectivity index (χ2v) is 2.06. The topological polar surface area (TPSA) is 49.7 Å². The summed E-state index contributed by atoms with van der Waals surface area (Å²) in [7, 11) is 0. The van der Waals surface area contributed by atoms with Gasteiger partial charge in [-0.15, -0.1) is 0 Å². The lowest BCUT2D eigenvalue weighted by Gasteiger charge is -1.94. The summed E-state index contributed by atoms with van der Waals surface area (Å²) in [5.41, 5.74) is 0. The van der Waals surface area contributed by atoms with Gasteiger partial charge in [0.25, 0.3) is 0 Å². The van der Waals surface area contributed by atoms with E-state index in [1.54, 1.807) is 0 Å². The van der Waals surface area contributed by atoms with Crippen LogP contribution in [0.2, 0.25) is 0 Å². The molecule has 12 heavy (non-hydrogen) atoms. The summed E-state index contributed by atoms with van der Waals surface area (Å²) in [6.45, 7) is 5.06. The Balaban J connectivity index is -0.000000142. The molecule has 0 amide bonds. The summed E-state index contributed by atoms with van der Waals surface area (Å²) >= 11 is 0. The molecule has 0 saturated carbocycles. The van der Waals surface area contributed by atoms with E-state index in [0.29, 0.717) is 13.2 Å². The van der Waals surface area contributed by atoms with Gasteiger partial charge in [0.05, 0.1) is 26.4 Å². The van der Waals surface area contributed by atoms with E-state index in [-0.39, 0.29) is 17.9 Å². The van der Waals surface area contributed by atoms with Crippen LogP contribution in [0.4, 0.5) is 4.70 Å². The van der Waals surface area contributed by atoms with Gasteiger partial charge in [0.15, 0.2) is 0 Å². The molecule has 0 spiro atoms. The molecule has 0 aromatic rings. The third-order valence-corrected chi connectivity index (χ3v) is 0.971. The van der Waals surface area contributed by atoms with Crippen molar-refractivity contribution in [3.05, 3.63) is 0 Å². The van der Waals surface area contributed by atoms with Crippen molar-refractivity contribution in [2.75, 3.05) is 26.4 Å². The van der Waals surface area contributed by atoms with Crippen LogP contribution in [0.1, 0.15) is 26.7 Å². The van der Waals surface area contributed by atoms with Crippen LogP contribution in [0.15, 0.2) is 0 Å². The molecule has 78 valence electrons. The van der Waals surface area contributed by atoms with Crippen LogP contribution in [0.3, 0.4) is 0 Å². The molecule has 0 heterocycles. The van der Waals surface area contributed by atoms with Crippen molar-refractivity contribution in [2.45, 2.75) is 26.7 Å². The van der Waals surface area contributed by atoms with Gasteiger partial charge in [0.2, 0.25) is 0 Å². The maximum atomic E-state index is 8.09. The fourth-order valence-electron chi connectivity index (χ4n) is 0.231. The Bertz CT molecular complexity index is 47.6. The fourth-order valence-corrected chi connectivity index (χ4v) is 0.231. The van der Waals surface area contributed by atoms with Crippen molar-refractivity contribution < 1.29 is 19.7 Å². The second kappa shape index (κ2) is 22.4. The highest BCUT2D eigenvalue weighted by Crippen LogP contribution is 1.76. The van der Waals surface area contributed by atoms with Crippen molar-refractivity contribution in [3.8, 4) is 0 Å². The number of aliphatic hydroxyl groups is 2. The first kappa shape index (κ1) is 17.8. The number of rotatable bonds is 5. The number of hydrogen-bond donors (Lipinski definition) is 2. The molecular formula is C8H21FO3. The van der Waals surface area contributed by atoms with E-state index in [9.17, 15) is 0 Å². The molecule has 0 aliphatic carbocycles. The van der Waals surface area contributed by atoms with Crippen molar-refractivity contribution in [1.82, 2.24) is 0 Å². The second-order valence-electron chi connectivity index (χ2n) is 2.06. The van der Waals surface area contributed by atoms with Gasteiger partial charge in [-0.1, -0.05) is 26.7 Å². The highest BCUT2D eigenvalue weighted by atomic mass is 19.0. The number of halogens is 1. The molecule has 0 aliphatic heterocycles. The number of unbranched alkanes of at least 4 members (excludes halogenated alkanes) is 1. The molecule has 0 fully saturated rings. The fraction of sp³-hybridized carbons (Fsp3) is 1.00. The van der Waals surface area contributed by atoms with E-state index < -0.39 is 0 Å². The first-order valence-corrected chi connectivity index (χ1v) is 4.12. The molecule has 0 aliphatic rings. The van der Waals surface area contributed by atoms with Gasteiger partial charge in [0.1, 0.15) is 0 Å². The quantitative estimate of drug-likeness (QED) is 0.625. The minimum absolute atomic E-state index is 0. The van der Waals surface area contributed by atoms with Gasteiger partial charge >= 0.3 is 0 Å². The Labute approximate surface area is 73.7 Å². The average Bonchev–Trinajstić information content (AvgIpc) is 2.06. The van der Waals surface area contributed by atoms with Gasteiger partial charge in [0, 0.05) is 0 Å². The number of aliphatic hydroxyl groups excluding tert-OH is 2. The Morgan fingerprint density at radius 3 is 1.42 bits per heavy atom. The number of hydrogen-bond acceptors (Lipinski definition) is 3. The van der Waals surface area contributed by atoms with Gasteiger partial charge in [-0.05, 0) is 0 Å². The lowest BCUT2D eigenvalue weighted by molar-refractivity contribution is 0.0650. The van der Waals surface area contributed by atoms with Gasteiger partial charge in [-0.3, -0.25) is 4.70 Å². The average molecular weight is 184 g/mol. The predicted octanol–water partition coefficient (Wildman–Crippen LogP) is 0.947. The lowest BCUT2D eigenvalue weighted by Crippen LogP contribution is -2.03. The summed E-state index contributed by atoms with van der Waals surface area (Å²) in [6.07, 6.45) is 2.64. The third-order valence-electron chi connectivity index (χ3n) is 0.971. The molecule has 0 atom stereocenters. The van der Waals surface area contributed by atoms with Gasteiger partial charge < -0.3 is 14.9 Å². The first-order chi connectivity index (χ1) is 5.33. The molecule has 4 heteroatoms. The zero-order valence-electron chi connectivity index (χ0n) is 7.95.